The molecule has 0 bridgehead atoms. The second-order valence-electron chi connectivity index (χ2n) is 6.35. The normalized spacial score (nSPS) is 19.6. The Kier molecular flexibility index (Phi) is 3.55. The summed E-state index contributed by atoms with van der Waals surface area (Å²) in [5.41, 5.74) is 0.595. The van der Waals surface area contributed by atoms with Crippen LogP contribution in [0.1, 0.15) is 33.4 Å². The van der Waals surface area contributed by atoms with Crippen LogP contribution in [0.25, 0.3) is 5.82 Å². The van der Waals surface area contributed by atoms with E-state index in [9.17, 15) is 0 Å². The molecule has 0 atom stereocenters. The Labute approximate surface area is 129 Å². The predicted molar refractivity (Wildman–Crippen MR) is 80.8 cm³/mol. The highest BCUT2D eigenvalue weighted by Crippen LogP contribution is 2.36. The molecule has 0 aliphatic carbocycles. The van der Waals surface area contributed by atoms with Gasteiger partial charge in [-0.25, -0.2) is 9.67 Å². The zero-order chi connectivity index (χ0) is 16.0. The minimum Gasteiger partial charge on any atom is -0.399 e. The van der Waals surface area contributed by atoms with Crippen molar-refractivity contribution in [3.05, 3.63) is 30.2 Å². The first-order valence-electron chi connectivity index (χ1n) is 7.16. The summed E-state index contributed by atoms with van der Waals surface area (Å²) in [4.78, 5) is 4.36. The van der Waals surface area contributed by atoms with Crippen molar-refractivity contribution < 1.29 is 14.4 Å². The molecule has 22 heavy (non-hydrogen) atoms. The van der Waals surface area contributed by atoms with Crippen molar-refractivity contribution in [1.29, 1.82) is 0 Å². The highest BCUT2D eigenvalue weighted by Gasteiger charge is 2.51. The first-order valence-corrected chi connectivity index (χ1v) is 7.16. The molecular formula is C14H19BN4O3. The second kappa shape index (κ2) is 5.15. The molecule has 7 nitrogen and oxygen atoms in total. The van der Waals surface area contributed by atoms with Gasteiger partial charge in [-0.2, -0.15) is 0 Å². The fourth-order valence-electron chi connectivity index (χ4n) is 2.13. The summed E-state index contributed by atoms with van der Waals surface area (Å²) >= 11 is 0. The largest absolute Gasteiger partial charge is 0.496 e. The van der Waals surface area contributed by atoms with Crippen LogP contribution in [0, 0.1) is 0 Å². The molecule has 0 unspecified atom stereocenters. The third kappa shape index (κ3) is 2.53. The highest BCUT2D eigenvalue weighted by molar-refractivity contribution is 6.62. The SMILES string of the molecule is CC1(C)OB(c2ccc(-n3cc(CO)nn3)nc2)OC1(C)C. The van der Waals surface area contributed by atoms with Crippen LogP contribution in [-0.4, -0.2) is 43.4 Å². The van der Waals surface area contributed by atoms with Crippen LogP contribution in [-0.2, 0) is 15.9 Å². The lowest BCUT2D eigenvalue weighted by Gasteiger charge is -2.32. The molecule has 1 fully saturated rings. The van der Waals surface area contributed by atoms with Crippen LogP contribution >= 0.6 is 0 Å². The molecule has 1 aliphatic rings. The van der Waals surface area contributed by atoms with Crippen LogP contribution < -0.4 is 5.46 Å². The van der Waals surface area contributed by atoms with Crippen LogP contribution in [0.4, 0.5) is 0 Å². The molecule has 0 radical (unpaired) electrons. The lowest BCUT2D eigenvalue weighted by molar-refractivity contribution is 0.00578. The van der Waals surface area contributed by atoms with E-state index in [0.29, 0.717) is 11.5 Å². The number of rotatable bonds is 3. The number of aliphatic hydroxyl groups is 1. The zero-order valence-electron chi connectivity index (χ0n) is 13.1. The fourth-order valence-corrected chi connectivity index (χ4v) is 2.13. The third-order valence-corrected chi connectivity index (χ3v) is 4.23. The van der Waals surface area contributed by atoms with Gasteiger partial charge in [0.25, 0.3) is 0 Å². The van der Waals surface area contributed by atoms with Gasteiger partial charge in [-0.15, -0.1) is 5.10 Å². The first kappa shape index (κ1) is 15.1. The van der Waals surface area contributed by atoms with Crippen molar-refractivity contribution in [3.8, 4) is 5.82 Å². The summed E-state index contributed by atoms with van der Waals surface area (Å²) < 4.78 is 13.5. The van der Waals surface area contributed by atoms with Crippen LogP contribution in [0.3, 0.4) is 0 Å². The molecular weight excluding hydrogens is 283 g/mol. The van der Waals surface area contributed by atoms with E-state index in [1.807, 2.05) is 39.8 Å². The number of hydrogen-bond donors (Lipinski definition) is 1. The zero-order valence-corrected chi connectivity index (χ0v) is 13.1. The Morgan fingerprint density at radius 2 is 1.86 bits per heavy atom. The van der Waals surface area contributed by atoms with Crippen molar-refractivity contribution >= 4 is 12.6 Å². The number of hydrogen-bond acceptors (Lipinski definition) is 6. The molecule has 0 spiro atoms. The number of pyridine rings is 1. The molecule has 2 aromatic heterocycles. The monoisotopic (exact) mass is 302 g/mol. The quantitative estimate of drug-likeness (QED) is 0.829. The van der Waals surface area contributed by atoms with Crippen molar-refractivity contribution in [2.45, 2.75) is 45.5 Å². The van der Waals surface area contributed by atoms with Crippen molar-refractivity contribution in [2.75, 3.05) is 0 Å². The van der Waals surface area contributed by atoms with Crippen molar-refractivity contribution in [3.63, 3.8) is 0 Å². The minimum absolute atomic E-state index is 0.147. The summed E-state index contributed by atoms with van der Waals surface area (Å²) in [6, 6.07) is 3.71. The van der Waals surface area contributed by atoms with E-state index in [4.69, 9.17) is 14.4 Å². The van der Waals surface area contributed by atoms with Gasteiger partial charge >= 0.3 is 7.12 Å². The maximum Gasteiger partial charge on any atom is 0.496 e. The van der Waals surface area contributed by atoms with Gasteiger partial charge in [0.2, 0.25) is 0 Å². The first-order chi connectivity index (χ1) is 10.3. The molecule has 1 saturated heterocycles. The molecule has 2 aromatic rings. The topological polar surface area (TPSA) is 82.3 Å². The molecule has 1 N–H and O–H groups in total. The Morgan fingerprint density at radius 3 is 2.36 bits per heavy atom. The van der Waals surface area contributed by atoms with Gasteiger partial charge in [0.1, 0.15) is 5.69 Å². The maximum atomic E-state index is 9.01. The molecule has 8 heteroatoms. The summed E-state index contributed by atoms with van der Waals surface area (Å²) in [5, 5.41) is 16.7. The van der Waals surface area contributed by atoms with E-state index in [0.717, 1.165) is 5.46 Å². The van der Waals surface area contributed by atoms with E-state index < -0.39 is 7.12 Å². The molecule has 116 valence electrons. The van der Waals surface area contributed by atoms with E-state index >= 15 is 0 Å². The van der Waals surface area contributed by atoms with Gasteiger partial charge in [0.15, 0.2) is 5.82 Å². The van der Waals surface area contributed by atoms with Gasteiger partial charge in [-0.3, -0.25) is 0 Å². The summed E-state index contributed by atoms with van der Waals surface area (Å²) in [6.07, 6.45) is 3.34. The highest BCUT2D eigenvalue weighted by atomic mass is 16.7. The van der Waals surface area contributed by atoms with Gasteiger partial charge in [-0.05, 0) is 33.8 Å². The summed E-state index contributed by atoms with van der Waals surface area (Å²) in [5.74, 6) is 0.618. The van der Waals surface area contributed by atoms with Crippen molar-refractivity contribution in [2.24, 2.45) is 0 Å². The minimum atomic E-state index is -0.435. The van der Waals surface area contributed by atoms with Crippen molar-refractivity contribution in [1.82, 2.24) is 20.0 Å². The van der Waals surface area contributed by atoms with E-state index in [1.165, 1.54) is 4.68 Å². The molecule has 0 aromatic carbocycles. The fraction of sp³-hybridized carbons (Fsp3) is 0.500. The average molecular weight is 302 g/mol. The smallest absolute Gasteiger partial charge is 0.399 e. The summed E-state index contributed by atoms with van der Waals surface area (Å²) in [6.45, 7) is 7.91. The Hall–Kier alpha value is -1.77. The Bertz CT molecular complexity index is 653. The number of aromatic nitrogens is 4. The van der Waals surface area contributed by atoms with E-state index in [-0.39, 0.29) is 17.8 Å². The number of aliphatic hydroxyl groups excluding tert-OH is 1. The number of nitrogens with zero attached hydrogens (tertiary/aromatic N) is 4. The van der Waals surface area contributed by atoms with Crippen LogP contribution in [0.2, 0.25) is 0 Å². The second-order valence-corrected chi connectivity index (χ2v) is 6.35. The lowest BCUT2D eigenvalue weighted by Crippen LogP contribution is -2.41. The Balaban J connectivity index is 1.81. The predicted octanol–water partition coefficient (Wildman–Crippen LogP) is 0.454. The molecule has 3 rings (SSSR count). The van der Waals surface area contributed by atoms with Gasteiger partial charge in [-0.1, -0.05) is 11.3 Å². The van der Waals surface area contributed by atoms with E-state index in [1.54, 1.807) is 12.4 Å². The van der Waals surface area contributed by atoms with Crippen LogP contribution in [0.5, 0.6) is 0 Å². The molecule has 1 aliphatic heterocycles. The average Bonchev–Trinajstić information content (AvgIpc) is 3.02. The maximum absolute atomic E-state index is 9.01. The third-order valence-electron chi connectivity index (χ3n) is 4.23. The Morgan fingerprint density at radius 1 is 1.18 bits per heavy atom. The van der Waals surface area contributed by atoms with Gasteiger partial charge < -0.3 is 14.4 Å². The molecule has 3 heterocycles. The van der Waals surface area contributed by atoms with Gasteiger partial charge in [0.05, 0.1) is 24.0 Å². The standard InChI is InChI=1S/C14H19BN4O3/c1-13(2)14(3,4)22-15(21-13)10-5-6-12(16-7-10)19-8-11(9-20)17-18-19/h5-8,20H,9H2,1-4H3. The van der Waals surface area contributed by atoms with Gasteiger partial charge in [0, 0.05) is 11.7 Å². The lowest BCUT2D eigenvalue weighted by atomic mass is 9.80. The molecule has 0 saturated carbocycles. The van der Waals surface area contributed by atoms with Crippen LogP contribution in [0.15, 0.2) is 24.5 Å². The summed E-state index contributed by atoms with van der Waals surface area (Å²) in [7, 11) is -0.435. The van der Waals surface area contributed by atoms with E-state index in [2.05, 4.69) is 15.3 Å². The molecule has 0 amide bonds.